The first-order valence-corrected chi connectivity index (χ1v) is 8.99. The van der Waals surface area contributed by atoms with Gasteiger partial charge in [-0.2, -0.15) is 0 Å². The minimum Gasteiger partial charge on any atom is -0.496 e. The van der Waals surface area contributed by atoms with E-state index >= 15 is 0 Å². The highest BCUT2D eigenvalue weighted by Gasteiger charge is 2.16. The Hall–Kier alpha value is -3.48. The van der Waals surface area contributed by atoms with Gasteiger partial charge in [-0.3, -0.25) is 4.79 Å². The van der Waals surface area contributed by atoms with Crippen LogP contribution in [0, 0.1) is 0 Å². The summed E-state index contributed by atoms with van der Waals surface area (Å²) in [7, 11) is 4.55. The van der Waals surface area contributed by atoms with E-state index in [1.165, 1.54) is 26.4 Å². The van der Waals surface area contributed by atoms with Crippen LogP contribution < -0.4 is 19.5 Å². The molecule has 0 aromatic heterocycles. The highest BCUT2D eigenvalue weighted by Crippen LogP contribution is 2.33. The summed E-state index contributed by atoms with van der Waals surface area (Å²) in [5, 5.41) is 11.9. The minimum atomic E-state index is -1.02. The van der Waals surface area contributed by atoms with Crippen LogP contribution in [0.5, 0.6) is 17.2 Å². The fourth-order valence-electron chi connectivity index (χ4n) is 2.98. The lowest BCUT2D eigenvalue weighted by Crippen LogP contribution is -2.26. The van der Waals surface area contributed by atoms with Crippen molar-refractivity contribution >= 4 is 11.9 Å². The Bertz CT molecular complexity index is 906. The molecule has 0 aliphatic carbocycles. The van der Waals surface area contributed by atoms with Gasteiger partial charge in [-0.1, -0.05) is 12.1 Å². The summed E-state index contributed by atoms with van der Waals surface area (Å²) >= 11 is 0. The molecule has 0 aliphatic heterocycles. The summed E-state index contributed by atoms with van der Waals surface area (Å²) in [6.07, 6.45) is 2.75. The van der Waals surface area contributed by atoms with Crippen molar-refractivity contribution in [2.24, 2.45) is 0 Å². The average molecular weight is 399 g/mol. The van der Waals surface area contributed by atoms with Crippen LogP contribution in [0.15, 0.2) is 43.0 Å². The summed E-state index contributed by atoms with van der Waals surface area (Å²) in [5.41, 5.74) is 2.21. The molecule has 0 aliphatic rings. The number of hydrogen-bond donors (Lipinski definition) is 2. The van der Waals surface area contributed by atoms with Crippen molar-refractivity contribution in [1.29, 1.82) is 0 Å². The third kappa shape index (κ3) is 5.28. The molecule has 0 saturated carbocycles. The molecule has 154 valence electrons. The largest absolute Gasteiger partial charge is 0.496 e. The normalized spacial score (nSPS) is 10.2. The Labute approximate surface area is 169 Å². The zero-order chi connectivity index (χ0) is 21.4. The first-order valence-electron chi connectivity index (χ1n) is 8.99. The van der Waals surface area contributed by atoms with E-state index in [1.807, 2.05) is 0 Å². The number of allylic oxidation sites excluding steroid dienone is 1. The maximum atomic E-state index is 12.6. The van der Waals surface area contributed by atoms with Gasteiger partial charge < -0.3 is 24.6 Å². The monoisotopic (exact) mass is 399 g/mol. The van der Waals surface area contributed by atoms with Gasteiger partial charge in [0, 0.05) is 17.7 Å². The van der Waals surface area contributed by atoms with Gasteiger partial charge >= 0.3 is 5.97 Å². The number of benzene rings is 2. The molecule has 0 bridgehead atoms. The second kappa shape index (κ2) is 10.2. The molecular weight excluding hydrogens is 374 g/mol. The molecule has 0 radical (unpaired) electrons. The molecule has 2 N–H and O–H groups in total. The lowest BCUT2D eigenvalue weighted by Gasteiger charge is -2.15. The van der Waals surface area contributed by atoms with Crippen molar-refractivity contribution < 1.29 is 28.9 Å². The Balaban J connectivity index is 2.12. The fraction of sp³-hybridized carbons (Fsp3) is 0.273. The van der Waals surface area contributed by atoms with E-state index in [1.54, 1.807) is 31.4 Å². The van der Waals surface area contributed by atoms with Gasteiger partial charge in [0.05, 0.1) is 26.9 Å². The Morgan fingerprint density at radius 2 is 1.69 bits per heavy atom. The third-order valence-corrected chi connectivity index (χ3v) is 4.40. The lowest BCUT2D eigenvalue weighted by molar-refractivity contribution is 0.0696. The van der Waals surface area contributed by atoms with E-state index in [2.05, 4.69) is 11.9 Å². The summed E-state index contributed by atoms with van der Waals surface area (Å²) in [5.74, 6) is 0.248. The SMILES string of the molecule is C=CCc1cc(C(=O)NCCc2ccc(C(=O)O)cc2OC)cc(OC)c1OC. The van der Waals surface area contributed by atoms with Crippen LogP contribution in [0.4, 0.5) is 0 Å². The van der Waals surface area contributed by atoms with Crippen molar-refractivity contribution in [2.45, 2.75) is 12.8 Å². The maximum Gasteiger partial charge on any atom is 0.335 e. The molecule has 29 heavy (non-hydrogen) atoms. The number of ether oxygens (including phenoxy) is 3. The van der Waals surface area contributed by atoms with Gasteiger partial charge in [0.2, 0.25) is 0 Å². The smallest absolute Gasteiger partial charge is 0.335 e. The van der Waals surface area contributed by atoms with Crippen LogP contribution >= 0.6 is 0 Å². The molecule has 0 fully saturated rings. The topological polar surface area (TPSA) is 94.1 Å². The van der Waals surface area contributed by atoms with E-state index in [0.717, 1.165) is 11.1 Å². The van der Waals surface area contributed by atoms with Crippen molar-refractivity contribution in [1.82, 2.24) is 5.32 Å². The molecule has 7 nitrogen and oxygen atoms in total. The number of carbonyl (C=O) groups excluding carboxylic acids is 1. The molecule has 0 atom stereocenters. The van der Waals surface area contributed by atoms with E-state index < -0.39 is 5.97 Å². The number of rotatable bonds is 10. The minimum absolute atomic E-state index is 0.148. The van der Waals surface area contributed by atoms with Gasteiger partial charge in [0.1, 0.15) is 5.75 Å². The van der Waals surface area contributed by atoms with Crippen molar-refractivity contribution in [3.05, 3.63) is 65.2 Å². The zero-order valence-corrected chi connectivity index (χ0v) is 16.8. The predicted octanol–water partition coefficient (Wildman–Crippen LogP) is 3.11. The van der Waals surface area contributed by atoms with E-state index in [4.69, 9.17) is 19.3 Å². The number of carbonyl (C=O) groups is 2. The summed E-state index contributed by atoms with van der Waals surface area (Å²) < 4.78 is 16.0. The zero-order valence-electron chi connectivity index (χ0n) is 16.8. The molecule has 2 rings (SSSR count). The van der Waals surface area contributed by atoms with Crippen LogP contribution in [-0.2, 0) is 12.8 Å². The van der Waals surface area contributed by atoms with Gasteiger partial charge in [0.15, 0.2) is 11.5 Å². The van der Waals surface area contributed by atoms with Crippen molar-refractivity contribution in [3.8, 4) is 17.2 Å². The molecule has 0 saturated heterocycles. The molecule has 0 heterocycles. The Kier molecular flexibility index (Phi) is 7.65. The third-order valence-electron chi connectivity index (χ3n) is 4.40. The number of amides is 1. The van der Waals surface area contributed by atoms with Crippen LogP contribution in [0.3, 0.4) is 0 Å². The number of hydrogen-bond acceptors (Lipinski definition) is 5. The second-order valence-corrected chi connectivity index (χ2v) is 6.20. The number of aromatic carboxylic acids is 1. The quantitative estimate of drug-likeness (QED) is 0.596. The number of nitrogens with one attached hydrogen (secondary N) is 1. The standard InChI is InChI=1S/C22H25NO6/c1-5-6-15-11-17(13-19(28-3)20(15)29-4)21(24)23-10-9-14-7-8-16(22(25)26)12-18(14)27-2/h5,7-8,11-13H,1,6,9-10H2,2-4H3,(H,23,24)(H,25,26). The van der Waals surface area contributed by atoms with Crippen LogP contribution in [0.25, 0.3) is 0 Å². The number of carboxylic acid groups (broad SMARTS) is 1. The molecular formula is C22H25NO6. The first-order chi connectivity index (χ1) is 13.9. The van der Waals surface area contributed by atoms with Gasteiger partial charge in [-0.25, -0.2) is 4.79 Å². The molecule has 7 heteroatoms. The summed E-state index contributed by atoms with van der Waals surface area (Å²) in [6.45, 7) is 4.09. The molecule has 1 amide bonds. The van der Waals surface area contributed by atoms with Crippen molar-refractivity contribution in [3.63, 3.8) is 0 Å². The molecule has 0 unspecified atom stereocenters. The highest BCUT2D eigenvalue weighted by atomic mass is 16.5. The molecule has 2 aromatic rings. The first kappa shape index (κ1) is 21.8. The van der Waals surface area contributed by atoms with Crippen molar-refractivity contribution in [2.75, 3.05) is 27.9 Å². The fourth-order valence-corrected chi connectivity index (χ4v) is 2.98. The average Bonchev–Trinajstić information content (AvgIpc) is 2.73. The van der Waals surface area contributed by atoms with Gasteiger partial charge in [0.25, 0.3) is 5.91 Å². The predicted molar refractivity (Wildman–Crippen MR) is 109 cm³/mol. The molecule has 2 aromatic carbocycles. The molecule has 0 spiro atoms. The Morgan fingerprint density at radius 1 is 1.00 bits per heavy atom. The van der Waals surface area contributed by atoms with E-state index in [0.29, 0.717) is 42.2 Å². The summed E-state index contributed by atoms with van der Waals surface area (Å²) in [4.78, 5) is 23.7. The number of carboxylic acids is 1. The van der Waals surface area contributed by atoms with Crippen LogP contribution in [0.2, 0.25) is 0 Å². The van der Waals surface area contributed by atoms with Gasteiger partial charge in [-0.15, -0.1) is 6.58 Å². The van der Waals surface area contributed by atoms with E-state index in [-0.39, 0.29) is 11.5 Å². The lowest BCUT2D eigenvalue weighted by atomic mass is 10.0. The number of methoxy groups -OCH3 is 3. The summed E-state index contributed by atoms with van der Waals surface area (Å²) in [6, 6.07) is 8.05. The van der Waals surface area contributed by atoms with Gasteiger partial charge in [-0.05, 0) is 42.7 Å². The Morgan fingerprint density at radius 3 is 2.28 bits per heavy atom. The highest BCUT2D eigenvalue weighted by molar-refractivity contribution is 5.95. The van der Waals surface area contributed by atoms with Crippen LogP contribution in [-0.4, -0.2) is 44.9 Å². The van der Waals surface area contributed by atoms with Crippen LogP contribution in [0.1, 0.15) is 31.8 Å². The maximum absolute atomic E-state index is 12.6. The van der Waals surface area contributed by atoms with E-state index in [9.17, 15) is 9.59 Å². The second-order valence-electron chi connectivity index (χ2n) is 6.20.